The van der Waals surface area contributed by atoms with Crippen LogP contribution in [0, 0.1) is 0 Å². The van der Waals surface area contributed by atoms with Gasteiger partial charge in [-0.1, -0.05) is 25.3 Å². The predicted molar refractivity (Wildman–Crippen MR) is 53.5 cm³/mol. The van der Waals surface area contributed by atoms with E-state index in [-0.39, 0.29) is 0 Å². The van der Waals surface area contributed by atoms with E-state index < -0.39 is 0 Å². The summed E-state index contributed by atoms with van der Waals surface area (Å²) in [6, 6.07) is 0. The Bertz CT molecular complexity index is 204. The molecule has 3 nitrogen and oxygen atoms in total. The molecule has 0 unspecified atom stereocenters. The van der Waals surface area contributed by atoms with Crippen LogP contribution in [-0.4, -0.2) is 17.4 Å². The maximum atomic E-state index is 5.61. The minimum atomic E-state index is 0.674. The lowest BCUT2D eigenvalue weighted by Gasteiger charge is -2.14. The van der Waals surface area contributed by atoms with E-state index in [0.29, 0.717) is 12.4 Å². The Balaban J connectivity index is 4.42. The first-order chi connectivity index (χ1) is 5.76. The SMILES string of the molecule is C=C/C=C\C(=N/C=C)N(N)CC. The van der Waals surface area contributed by atoms with Gasteiger partial charge in [-0.05, 0) is 13.0 Å². The standard InChI is InChI=1S/C9H15N3/c1-4-7-8-9(11-5-2)12(10)6-3/h4-5,7-8H,1-2,6,10H2,3H3/b8-7-,11-9+. The molecule has 0 aliphatic rings. The molecule has 0 aromatic rings. The molecule has 0 atom stereocenters. The second-order valence-corrected chi connectivity index (χ2v) is 2.05. The van der Waals surface area contributed by atoms with Crippen molar-refractivity contribution >= 4 is 5.84 Å². The summed E-state index contributed by atoms with van der Waals surface area (Å²) in [5, 5.41) is 1.53. The monoisotopic (exact) mass is 165 g/mol. The van der Waals surface area contributed by atoms with Crippen molar-refractivity contribution in [1.82, 2.24) is 5.01 Å². The highest BCUT2D eigenvalue weighted by Crippen LogP contribution is 1.88. The molecular formula is C9H15N3. The van der Waals surface area contributed by atoms with Crippen molar-refractivity contribution in [3.05, 3.63) is 37.6 Å². The van der Waals surface area contributed by atoms with E-state index in [1.54, 1.807) is 18.2 Å². The molecule has 2 N–H and O–H groups in total. The van der Waals surface area contributed by atoms with Crippen molar-refractivity contribution in [1.29, 1.82) is 0 Å². The first-order valence-corrected chi connectivity index (χ1v) is 3.76. The van der Waals surface area contributed by atoms with Crippen molar-refractivity contribution < 1.29 is 0 Å². The van der Waals surface area contributed by atoms with Crippen molar-refractivity contribution in [2.24, 2.45) is 10.8 Å². The van der Waals surface area contributed by atoms with E-state index in [2.05, 4.69) is 18.2 Å². The lowest BCUT2D eigenvalue weighted by Crippen LogP contribution is -2.35. The van der Waals surface area contributed by atoms with Crippen LogP contribution < -0.4 is 5.84 Å². The van der Waals surface area contributed by atoms with Crippen LogP contribution in [0.5, 0.6) is 0 Å². The third kappa shape index (κ3) is 3.73. The molecule has 0 radical (unpaired) electrons. The van der Waals surface area contributed by atoms with Crippen LogP contribution in [0.1, 0.15) is 6.92 Å². The van der Waals surface area contributed by atoms with Gasteiger partial charge in [0, 0.05) is 12.7 Å². The second kappa shape index (κ2) is 6.37. The van der Waals surface area contributed by atoms with Gasteiger partial charge in [0.15, 0.2) is 0 Å². The number of amidine groups is 1. The third-order valence-electron chi connectivity index (χ3n) is 1.24. The molecule has 0 amide bonds. The van der Waals surface area contributed by atoms with Gasteiger partial charge in [0.25, 0.3) is 0 Å². The third-order valence-corrected chi connectivity index (χ3v) is 1.24. The molecular weight excluding hydrogens is 150 g/mol. The summed E-state index contributed by atoms with van der Waals surface area (Å²) in [5.74, 6) is 6.29. The van der Waals surface area contributed by atoms with Crippen LogP contribution >= 0.6 is 0 Å². The number of nitrogens with two attached hydrogens (primary N) is 1. The summed E-state index contributed by atoms with van der Waals surface area (Å²) in [6.07, 6.45) is 6.68. The maximum absolute atomic E-state index is 5.61. The lowest BCUT2D eigenvalue weighted by atomic mass is 10.4. The largest absolute Gasteiger partial charge is 0.295 e. The maximum Gasteiger partial charge on any atom is 0.142 e. The van der Waals surface area contributed by atoms with E-state index in [0.717, 1.165) is 0 Å². The average molecular weight is 165 g/mol. The van der Waals surface area contributed by atoms with Crippen molar-refractivity contribution in [2.75, 3.05) is 6.54 Å². The normalized spacial score (nSPS) is 11.7. The van der Waals surface area contributed by atoms with E-state index in [1.165, 1.54) is 11.2 Å². The molecule has 0 aliphatic carbocycles. The topological polar surface area (TPSA) is 41.6 Å². The first kappa shape index (κ1) is 10.7. The van der Waals surface area contributed by atoms with Gasteiger partial charge in [-0.25, -0.2) is 10.8 Å². The summed E-state index contributed by atoms with van der Waals surface area (Å²) in [7, 11) is 0. The van der Waals surface area contributed by atoms with Crippen LogP contribution in [0.3, 0.4) is 0 Å². The van der Waals surface area contributed by atoms with Gasteiger partial charge in [-0.2, -0.15) is 0 Å². The highest BCUT2D eigenvalue weighted by atomic mass is 15.4. The number of hydrogen-bond acceptors (Lipinski definition) is 2. The average Bonchev–Trinajstić information content (AvgIpc) is 2.11. The quantitative estimate of drug-likeness (QED) is 0.225. The van der Waals surface area contributed by atoms with E-state index in [1.807, 2.05) is 6.92 Å². The smallest absolute Gasteiger partial charge is 0.142 e. The first-order valence-electron chi connectivity index (χ1n) is 3.76. The minimum Gasteiger partial charge on any atom is -0.295 e. The van der Waals surface area contributed by atoms with Crippen LogP contribution in [0.2, 0.25) is 0 Å². The van der Waals surface area contributed by atoms with Gasteiger partial charge in [0.2, 0.25) is 0 Å². The number of allylic oxidation sites excluding steroid dienone is 2. The van der Waals surface area contributed by atoms with Gasteiger partial charge in [-0.3, -0.25) is 5.01 Å². The minimum absolute atomic E-state index is 0.674. The van der Waals surface area contributed by atoms with Gasteiger partial charge >= 0.3 is 0 Å². The molecule has 3 heteroatoms. The molecule has 12 heavy (non-hydrogen) atoms. The highest BCUT2D eigenvalue weighted by molar-refractivity contribution is 5.93. The molecule has 0 bridgehead atoms. The van der Waals surface area contributed by atoms with Crippen LogP contribution in [0.4, 0.5) is 0 Å². The fourth-order valence-corrected chi connectivity index (χ4v) is 0.623. The fourth-order valence-electron chi connectivity index (χ4n) is 0.623. The zero-order valence-corrected chi connectivity index (χ0v) is 7.40. The highest BCUT2D eigenvalue weighted by Gasteiger charge is 1.97. The molecule has 0 saturated carbocycles. The van der Waals surface area contributed by atoms with Crippen molar-refractivity contribution in [3.63, 3.8) is 0 Å². The number of hydrazine groups is 1. The van der Waals surface area contributed by atoms with E-state index in [9.17, 15) is 0 Å². The molecule has 66 valence electrons. The van der Waals surface area contributed by atoms with Gasteiger partial charge in [-0.15, -0.1) is 0 Å². The predicted octanol–water partition coefficient (Wildman–Crippen LogP) is 1.47. The number of hydrogen-bond donors (Lipinski definition) is 1. The zero-order chi connectivity index (χ0) is 9.40. The van der Waals surface area contributed by atoms with Crippen LogP contribution in [0.15, 0.2) is 42.6 Å². The summed E-state index contributed by atoms with van der Waals surface area (Å²) in [6.45, 7) is 9.69. The Labute approximate surface area is 73.6 Å². The summed E-state index contributed by atoms with van der Waals surface area (Å²) >= 11 is 0. The Hall–Kier alpha value is -1.35. The molecule has 0 heterocycles. The van der Waals surface area contributed by atoms with E-state index in [4.69, 9.17) is 5.84 Å². The van der Waals surface area contributed by atoms with Crippen molar-refractivity contribution in [2.45, 2.75) is 6.92 Å². The second-order valence-electron chi connectivity index (χ2n) is 2.05. The summed E-state index contributed by atoms with van der Waals surface area (Å²) in [5.41, 5.74) is 0. The van der Waals surface area contributed by atoms with Gasteiger partial charge in [0.1, 0.15) is 5.84 Å². The lowest BCUT2D eigenvalue weighted by molar-refractivity contribution is 0.468. The fraction of sp³-hybridized carbons (Fsp3) is 0.222. The zero-order valence-electron chi connectivity index (χ0n) is 7.40. The Morgan fingerprint density at radius 2 is 2.25 bits per heavy atom. The van der Waals surface area contributed by atoms with Crippen molar-refractivity contribution in [3.8, 4) is 0 Å². The van der Waals surface area contributed by atoms with Gasteiger partial charge < -0.3 is 0 Å². The van der Waals surface area contributed by atoms with Crippen LogP contribution in [0.25, 0.3) is 0 Å². The summed E-state index contributed by atoms with van der Waals surface area (Å²) < 4.78 is 0. The molecule has 0 spiro atoms. The number of rotatable bonds is 4. The summed E-state index contributed by atoms with van der Waals surface area (Å²) in [4.78, 5) is 3.98. The molecule has 0 aliphatic heterocycles. The molecule has 0 saturated heterocycles. The molecule has 0 aromatic carbocycles. The Morgan fingerprint density at radius 1 is 1.58 bits per heavy atom. The molecule has 0 rings (SSSR count). The number of likely N-dealkylation sites (N-methyl/N-ethyl adjacent to an activating group) is 1. The number of nitrogens with zero attached hydrogens (tertiary/aromatic N) is 2. The molecule has 0 aromatic heterocycles. The van der Waals surface area contributed by atoms with E-state index >= 15 is 0 Å². The Kier molecular flexibility index (Phi) is 5.65. The Morgan fingerprint density at radius 3 is 2.67 bits per heavy atom. The van der Waals surface area contributed by atoms with Crippen LogP contribution in [-0.2, 0) is 0 Å². The molecule has 0 fully saturated rings. The number of aliphatic imine (C=N–C) groups is 1. The van der Waals surface area contributed by atoms with Gasteiger partial charge in [0.05, 0.1) is 0 Å².